The third-order valence-electron chi connectivity index (χ3n) is 3.34. The molecule has 0 fully saturated rings. The van der Waals surface area contributed by atoms with E-state index >= 15 is 0 Å². The lowest BCUT2D eigenvalue weighted by molar-refractivity contribution is -0.119. The smallest absolute Gasteiger partial charge is 0.305 e. The van der Waals surface area contributed by atoms with Crippen LogP contribution in [0.1, 0.15) is 10.6 Å². The predicted molar refractivity (Wildman–Crippen MR) is 91.4 cm³/mol. The van der Waals surface area contributed by atoms with Gasteiger partial charge in [0.1, 0.15) is 5.82 Å². The molecule has 134 valence electrons. The standard InChI is InChI=1S/C16H14FN5O3S/c1-22-14(10-5-2-3-6-11(10)17)19-21-16(22)26-9-13(23)18-20-15(24)12-7-4-8-25-12/h2-8H,9H2,1H3,(H,18,23)(H,20,24). The number of nitrogens with one attached hydrogen (secondary N) is 2. The minimum absolute atomic E-state index is 0.0122. The minimum Gasteiger partial charge on any atom is -0.459 e. The van der Waals surface area contributed by atoms with Crippen LogP contribution in [0.15, 0.2) is 52.2 Å². The summed E-state index contributed by atoms with van der Waals surface area (Å²) in [4.78, 5) is 23.5. The fourth-order valence-corrected chi connectivity index (χ4v) is 2.79. The van der Waals surface area contributed by atoms with Crippen LogP contribution in [0.2, 0.25) is 0 Å². The number of hydrogen-bond donors (Lipinski definition) is 2. The highest BCUT2D eigenvalue weighted by Gasteiger charge is 2.16. The molecular formula is C16H14FN5O3S. The van der Waals surface area contributed by atoms with Gasteiger partial charge in [-0.2, -0.15) is 0 Å². The van der Waals surface area contributed by atoms with Crippen LogP contribution in [-0.4, -0.2) is 32.3 Å². The first-order valence-electron chi connectivity index (χ1n) is 7.46. The summed E-state index contributed by atoms with van der Waals surface area (Å²) < 4.78 is 20.4. The van der Waals surface area contributed by atoms with Gasteiger partial charge in [0.25, 0.3) is 0 Å². The van der Waals surface area contributed by atoms with Crippen LogP contribution in [0.5, 0.6) is 0 Å². The van der Waals surface area contributed by atoms with Gasteiger partial charge in [0.15, 0.2) is 16.7 Å². The number of carbonyl (C=O) groups is 2. The third kappa shape index (κ3) is 3.91. The van der Waals surface area contributed by atoms with E-state index in [0.29, 0.717) is 16.5 Å². The number of hydrazine groups is 1. The summed E-state index contributed by atoms with van der Waals surface area (Å²) in [7, 11) is 1.68. The van der Waals surface area contributed by atoms with Gasteiger partial charge >= 0.3 is 5.91 Å². The first kappa shape index (κ1) is 17.7. The molecule has 0 unspecified atom stereocenters. The van der Waals surface area contributed by atoms with Crippen LogP contribution >= 0.6 is 11.8 Å². The molecule has 3 aromatic rings. The number of carbonyl (C=O) groups excluding carboxylic acids is 2. The second kappa shape index (κ2) is 7.83. The lowest BCUT2D eigenvalue weighted by Gasteiger charge is -2.06. The topological polar surface area (TPSA) is 102 Å². The van der Waals surface area contributed by atoms with Crippen LogP contribution in [0.3, 0.4) is 0 Å². The molecular weight excluding hydrogens is 361 g/mol. The van der Waals surface area contributed by atoms with Gasteiger partial charge in [0.05, 0.1) is 17.6 Å². The Kier molecular flexibility index (Phi) is 5.32. The zero-order valence-corrected chi connectivity index (χ0v) is 14.4. The lowest BCUT2D eigenvalue weighted by Crippen LogP contribution is -2.42. The van der Waals surface area contributed by atoms with Crippen molar-refractivity contribution in [2.45, 2.75) is 5.16 Å². The van der Waals surface area contributed by atoms with Gasteiger partial charge < -0.3 is 8.98 Å². The molecule has 0 spiro atoms. The monoisotopic (exact) mass is 375 g/mol. The maximum absolute atomic E-state index is 13.9. The quantitative estimate of drug-likeness (QED) is 0.521. The lowest BCUT2D eigenvalue weighted by atomic mass is 10.2. The van der Waals surface area contributed by atoms with Crippen LogP contribution in [0.4, 0.5) is 4.39 Å². The van der Waals surface area contributed by atoms with Crippen molar-refractivity contribution in [3.05, 3.63) is 54.2 Å². The molecule has 3 rings (SSSR count). The number of hydrogen-bond acceptors (Lipinski definition) is 6. The number of aromatic nitrogens is 3. The van der Waals surface area contributed by atoms with Gasteiger partial charge in [0, 0.05) is 7.05 Å². The summed E-state index contributed by atoms with van der Waals surface area (Å²) in [6.45, 7) is 0. The molecule has 8 nitrogen and oxygen atoms in total. The Morgan fingerprint density at radius 2 is 2.00 bits per heavy atom. The van der Waals surface area contributed by atoms with Crippen molar-refractivity contribution in [2.75, 3.05) is 5.75 Å². The normalized spacial score (nSPS) is 10.5. The van der Waals surface area contributed by atoms with Crippen molar-refractivity contribution in [3.63, 3.8) is 0 Å². The van der Waals surface area contributed by atoms with E-state index in [4.69, 9.17) is 4.42 Å². The Balaban J connectivity index is 1.56. The highest BCUT2D eigenvalue weighted by Crippen LogP contribution is 2.24. The first-order valence-corrected chi connectivity index (χ1v) is 8.44. The first-order chi connectivity index (χ1) is 12.6. The molecule has 0 aliphatic carbocycles. The van der Waals surface area contributed by atoms with Crippen molar-refractivity contribution in [1.29, 1.82) is 0 Å². The molecule has 0 saturated heterocycles. The summed E-state index contributed by atoms with van der Waals surface area (Å²) in [6, 6.07) is 9.27. The fourth-order valence-electron chi connectivity index (χ4n) is 2.08. The number of furan rings is 1. The Morgan fingerprint density at radius 3 is 2.73 bits per heavy atom. The fraction of sp³-hybridized carbons (Fsp3) is 0.125. The van der Waals surface area contributed by atoms with E-state index in [-0.39, 0.29) is 11.5 Å². The molecule has 2 heterocycles. The Morgan fingerprint density at radius 1 is 1.19 bits per heavy atom. The molecule has 0 saturated carbocycles. The number of benzene rings is 1. The number of thioether (sulfide) groups is 1. The molecule has 1 aromatic carbocycles. The Hall–Kier alpha value is -3.14. The second-order valence-electron chi connectivity index (χ2n) is 5.11. The van der Waals surface area contributed by atoms with Gasteiger partial charge in [-0.25, -0.2) is 4.39 Å². The van der Waals surface area contributed by atoms with E-state index in [0.717, 1.165) is 11.8 Å². The van der Waals surface area contributed by atoms with Crippen molar-refractivity contribution in [1.82, 2.24) is 25.6 Å². The molecule has 2 amide bonds. The molecule has 0 bridgehead atoms. The van der Waals surface area contributed by atoms with Crippen molar-refractivity contribution in [3.8, 4) is 11.4 Å². The Labute approximate surface area is 151 Å². The van der Waals surface area contributed by atoms with Crippen LogP contribution < -0.4 is 10.9 Å². The second-order valence-corrected chi connectivity index (χ2v) is 6.06. The number of halogens is 1. The van der Waals surface area contributed by atoms with Crippen molar-refractivity contribution >= 4 is 23.6 Å². The van der Waals surface area contributed by atoms with Crippen LogP contribution in [0, 0.1) is 5.82 Å². The molecule has 0 aliphatic rings. The maximum Gasteiger partial charge on any atom is 0.305 e. The van der Waals surface area contributed by atoms with Gasteiger partial charge in [-0.1, -0.05) is 23.9 Å². The Bertz CT molecular complexity index is 926. The molecule has 2 aromatic heterocycles. The number of rotatable bonds is 5. The minimum atomic E-state index is -0.561. The molecule has 10 heteroatoms. The van der Waals surface area contributed by atoms with E-state index in [1.165, 1.54) is 18.4 Å². The zero-order valence-electron chi connectivity index (χ0n) is 13.6. The number of amides is 2. The maximum atomic E-state index is 13.9. The van der Waals surface area contributed by atoms with E-state index in [1.54, 1.807) is 35.9 Å². The van der Waals surface area contributed by atoms with Crippen molar-refractivity contribution in [2.24, 2.45) is 7.05 Å². The average Bonchev–Trinajstić information content (AvgIpc) is 3.29. The highest BCUT2D eigenvalue weighted by atomic mass is 32.2. The summed E-state index contributed by atoms with van der Waals surface area (Å²) >= 11 is 1.11. The van der Waals surface area contributed by atoms with Gasteiger partial charge in [-0.3, -0.25) is 20.4 Å². The molecule has 0 radical (unpaired) electrons. The molecule has 26 heavy (non-hydrogen) atoms. The van der Waals surface area contributed by atoms with Crippen LogP contribution in [0.25, 0.3) is 11.4 Å². The van der Waals surface area contributed by atoms with E-state index in [2.05, 4.69) is 21.0 Å². The SMILES string of the molecule is Cn1c(SCC(=O)NNC(=O)c2ccco2)nnc1-c1ccccc1F. The molecule has 0 aliphatic heterocycles. The zero-order chi connectivity index (χ0) is 18.5. The van der Waals surface area contributed by atoms with Gasteiger partial charge in [-0.05, 0) is 24.3 Å². The molecule has 0 atom stereocenters. The van der Waals surface area contributed by atoms with Gasteiger partial charge in [0.2, 0.25) is 5.91 Å². The van der Waals surface area contributed by atoms with Gasteiger partial charge in [-0.15, -0.1) is 10.2 Å². The summed E-state index contributed by atoms with van der Waals surface area (Å²) in [6.07, 6.45) is 1.35. The largest absolute Gasteiger partial charge is 0.459 e. The van der Waals surface area contributed by atoms with E-state index < -0.39 is 17.6 Å². The number of nitrogens with zero attached hydrogens (tertiary/aromatic N) is 3. The van der Waals surface area contributed by atoms with E-state index in [1.807, 2.05) is 0 Å². The summed E-state index contributed by atoms with van der Waals surface area (Å²) in [5, 5.41) is 8.38. The van der Waals surface area contributed by atoms with E-state index in [9.17, 15) is 14.0 Å². The third-order valence-corrected chi connectivity index (χ3v) is 4.36. The molecule has 2 N–H and O–H groups in total. The predicted octanol–water partition coefficient (Wildman–Crippen LogP) is 1.77. The van der Waals surface area contributed by atoms with Crippen LogP contribution in [-0.2, 0) is 11.8 Å². The highest BCUT2D eigenvalue weighted by molar-refractivity contribution is 7.99. The summed E-state index contributed by atoms with van der Waals surface area (Å²) in [5.41, 5.74) is 4.83. The van der Waals surface area contributed by atoms with Crippen molar-refractivity contribution < 1.29 is 18.4 Å². The summed E-state index contributed by atoms with van der Waals surface area (Å²) in [5.74, 6) is -0.975. The average molecular weight is 375 g/mol.